The number of hydrogen-bond acceptors (Lipinski definition) is 3. The number of nitrogens with one attached hydrogen (secondary N) is 2. The molecule has 0 radical (unpaired) electrons. The lowest BCUT2D eigenvalue weighted by Crippen LogP contribution is -2.40. The van der Waals surface area contributed by atoms with Gasteiger partial charge in [0.15, 0.2) is 5.96 Å². The van der Waals surface area contributed by atoms with E-state index in [1.165, 1.54) is 6.42 Å². The molecular weight excluding hydrogens is 214 g/mol. The van der Waals surface area contributed by atoms with E-state index in [-0.39, 0.29) is 0 Å². The highest BCUT2D eigenvalue weighted by atomic mass is 15.1. The van der Waals surface area contributed by atoms with Gasteiger partial charge in [-0.05, 0) is 45.6 Å². The lowest BCUT2D eigenvalue weighted by atomic mass is 10.1. The quantitative estimate of drug-likeness (QED) is 0.394. The lowest BCUT2D eigenvalue weighted by Gasteiger charge is -2.19. The molecule has 5 heteroatoms. The van der Waals surface area contributed by atoms with Crippen LogP contribution in [0.25, 0.3) is 0 Å². The fourth-order valence-electron chi connectivity index (χ4n) is 2.45. The number of nitrogens with two attached hydrogens (primary N) is 2. The van der Waals surface area contributed by atoms with Crippen LogP contribution < -0.4 is 22.1 Å². The summed E-state index contributed by atoms with van der Waals surface area (Å²) in [6.07, 6.45) is 5.75. The molecule has 17 heavy (non-hydrogen) atoms. The van der Waals surface area contributed by atoms with E-state index in [1.807, 2.05) is 0 Å². The van der Waals surface area contributed by atoms with Gasteiger partial charge in [0, 0.05) is 25.2 Å². The SMILES string of the molecule is CN=C(N)N[C@H]1CC[C@H](NC(C)CCCN)C1. The van der Waals surface area contributed by atoms with E-state index in [0.717, 1.165) is 32.2 Å². The third kappa shape index (κ3) is 5.37. The van der Waals surface area contributed by atoms with Gasteiger partial charge in [-0.25, -0.2) is 0 Å². The van der Waals surface area contributed by atoms with Gasteiger partial charge in [0.2, 0.25) is 0 Å². The monoisotopic (exact) mass is 241 g/mol. The molecule has 0 aromatic carbocycles. The number of guanidine groups is 1. The van der Waals surface area contributed by atoms with Crippen molar-refractivity contribution < 1.29 is 0 Å². The molecule has 0 saturated heterocycles. The Balaban J connectivity index is 2.21. The van der Waals surface area contributed by atoms with Gasteiger partial charge in [0.1, 0.15) is 0 Å². The molecule has 1 fully saturated rings. The van der Waals surface area contributed by atoms with Crippen LogP contribution in [-0.4, -0.2) is 37.7 Å². The molecule has 1 rings (SSSR count). The van der Waals surface area contributed by atoms with E-state index < -0.39 is 0 Å². The molecule has 1 saturated carbocycles. The molecule has 0 heterocycles. The molecule has 100 valence electrons. The van der Waals surface area contributed by atoms with Crippen molar-refractivity contribution in [3.8, 4) is 0 Å². The predicted octanol–water partition coefficient (Wildman–Crippen LogP) is 0.159. The van der Waals surface area contributed by atoms with Gasteiger partial charge in [-0.15, -0.1) is 0 Å². The summed E-state index contributed by atoms with van der Waals surface area (Å²) in [5, 5.41) is 6.90. The van der Waals surface area contributed by atoms with Crippen LogP contribution in [0.3, 0.4) is 0 Å². The molecule has 5 nitrogen and oxygen atoms in total. The van der Waals surface area contributed by atoms with Gasteiger partial charge in [-0.1, -0.05) is 0 Å². The zero-order chi connectivity index (χ0) is 12.7. The van der Waals surface area contributed by atoms with E-state index in [2.05, 4.69) is 22.5 Å². The van der Waals surface area contributed by atoms with Crippen LogP contribution in [0.4, 0.5) is 0 Å². The van der Waals surface area contributed by atoms with Crippen molar-refractivity contribution in [2.24, 2.45) is 16.5 Å². The van der Waals surface area contributed by atoms with Crippen LogP contribution in [0, 0.1) is 0 Å². The first-order valence-electron chi connectivity index (χ1n) is 6.60. The van der Waals surface area contributed by atoms with Crippen molar-refractivity contribution >= 4 is 5.96 Å². The van der Waals surface area contributed by atoms with Crippen LogP contribution in [0.1, 0.15) is 39.0 Å². The molecule has 0 aromatic rings. The first-order chi connectivity index (χ1) is 8.15. The van der Waals surface area contributed by atoms with Crippen LogP contribution in [0.2, 0.25) is 0 Å². The van der Waals surface area contributed by atoms with Gasteiger partial charge in [-0.3, -0.25) is 4.99 Å². The van der Waals surface area contributed by atoms with Crippen molar-refractivity contribution in [1.82, 2.24) is 10.6 Å². The third-order valence-electron chi connectivity index (χ3n) is 3.39. The van der Waals surface area contributed by atoms with Crippen LogP contribution >= 0.6 is 0 Å². The molecule has 1 unspecified atom stereocenters. The van der Waals surface area contributed by atoms with Crippen LogP contribution in [0.5, 0.6) is 0 Å². The Kier molecular flexibility index (Phi) is 6.29. The largest absolute Gasteiger partial charge is 0.370 e. The Hall–Kier alpha value is -0.810. The first kappa shape index (κ1) is 14.3. The fraction of sp³-hybridized carbons (Fsp3) is 0.917. The second kappa shape index (κ2) is 7.50. The normalized spacial score (nSPS) is 27.1. The van der Waals surface area contributed by atoms with Crippen molar-refractivity contribution in [1.29, 1.82) is 0 Å². The molecule has 0 amide bonds. The first-order valence-corrected chi connectivity index (χ1v) is 6.60. The molecule has 3 atom stereocenters. The summed E-state index contributed by atoms with van der Waals surface area (Å²) in [5.41, 5.74) is 11.2. The maximum absolute atomic E-state index is 5.67. The van der Waals surface area contributed by atoms with Gasteiger partial charge in [0.05, 0.1) is 0 Å². The summed E-state index contributed by atoms with van der Waals surface area (Å²) < 4.78 is 0. The minimum absolute atomic E-state index is 0.470. The van der Waals surface area contributed by atoms with E-state index in [0.29, 0.717) is 24.1 Å². The molecule has 6 N–H and O–H groups in total. The van der Waals surface area contributed by atoms with Crippen LogP contribution in [0.15, 0.2) is 4.99 Å². The Morgan fingerprint density at radius 2 is 2.12 bits per heavy atom. The predicted molar refractivity (Wildman–Crippen MR) is 73.0 cm³/mol. The van der Waals surface area contributed by atoms with Crippen LogP contribution in [-0.2, 0) is 0 Å². The second-order valence-electron chi connectivity index (χ2n) is 4.96. The number of nitrogens with zero attached hydrogens (tertiary/aromatic N) is 1. The standard InChI is InChI=1S/C12H27N5/c1-9(4-3-7-13)16-10-5-6-11(8-10)17-12(14)15-2/h9-11,16H,3-8,13H2,1-2H3,(H3,14,15,17)/t9?,10-,11-/m0/s1. The Morgan fingerprint density at radius 1 is 1.41 bits per heavy atom. The average Bonchev–Trinajstić information content (AvgIpc) is 2.73. The molecule has 0 bridgehead atoms. The Bertz CT molecular complexity index is 241. The zero-order valence-electron chi connectivity index (χ0n) is 11.1. The zero-order valence-corrected chi connectivity index (χ0v) is 11.1. The van der Waals surface area contributed by atoms with Crippen molar-refractivity contribution in [2.75, 3.05) is 13.6 Å². The molecule has 0 aromatic heterocycles. The second-order valence-corrected chi connectivity index (χ2v) is 4.96. The maximum atomic E-state index is 5.67. The number of aliphatic imine (C=N–C) groups is 1. The highest BCUT2D eigenvalue weighted by Crippen LogP contribution is 2.19. The van der Waals surface area contributed by atoms with E-state index >= 15 is 0 Å². The molecule has 0 spiro atoms. The molecule has 0 aliphatic heterocycles. The fourth-order valence-corrected chi connectivity index (χ4v) is 2.45. The highest BCUT2D eigenvalue weighted by Gasteiger charge is 2.25. The number of rotatable bonds is 6. The number of hydrogen-bond donors (Lipinski definition) is 4. The molecular formula is C12H27N5. The van der Waals surface area contributed by atoms with Crippen molar-refractivity contribution in [2.45, 2.75) is 57.2 Å². The maximum Gasteiger partial charge on any atom is 0.188 e. The van der Waals surface area contributed by atoms with Gasteiger partial charge in [-0.2, -0.15) is 0 Å². The summed E-state index contributed by atoms with van der Waals surface area (Å²) in [4.78, 5) is 3.93. The smallest absolute Gasteiger partial charge is 0.188 e. The lowest BCUT2D eigenvalue weighted by molar-refractivity contribution is 0.420. The van der Waals surface area contributed by atoms with Gasteiger partial charge >= 0.3 is 0 Å². The molecule has 1 aliphatic rings. The minimum Gasteiger partial charge on any atom is -0.370 e. The summed E-state index contributed by atoms with van der Waals surface area (Å²) >= 11 is 0. The average molecular weight is 241 g/mol. The van der Waals surface area contributed by atoms with Crippen molar-refractivity contribution in [3.05, 3.63) is 0 Å². The van der Waals surface area contributed by atoms with E-state index in [9.17, 15) is 0 Å². The Morgan fingerprint density at radius 3 is 2.76 bits per heavy atom. The van der Waals surface area contributed by atoms with Gasteiger partial charge in [0.25, 0.3) is 0 Å². The van der Waals surface area contributed by atoms with Crippen molar-refractivity contribution in [3.63, 3.8) is 0 Å². The van der Waals surface area contributed by atoms with E-state index in [4.69, 9.17) is 11.5 Å². The minimum atomic E-state index is 0.470. The summed E-state index contributed by atoms with van der Waals surface area (Å²) in [6.45, 7) is 3.02. The summed E-state index contributed by atoms with van der Waals surface area (Å²) in [5.74, 6) is 0.548. The summed E-state index contributed by atoms with van der Waals surface area (Å²) in [7, 11) is 1.71. The summed E-state index contributed by atoms with van der Waals surface area (Å²) in [6, 6.07) is 1.63. The van der Waals surface area contributed by atoms with Gasteiger partial charge < -0.3 is 22.1 Å². The topological polar surface area (TPSA) is 88.5 Å². The third-order valence-corrected chi connectivity index (χ3v) is 3.39. The van der Waals surface area contributed by atoms with E-state index in [1.54, 1.807) is 7.05 Å². The molecule has 1 aliphatic carbocycles. The highest BCUT2D eigenvalue weighted by molar-refractivity contribution is 5.77. The Labute approximate surface area is 104 Å².